The number of anilines is 1. The summed E-state index contributed by atoms with van der Waals surface area (Å²) in [4.78, 5) is 29.7. The van der Waals surface area contributed by atoms with Crippen molar-refractivity contribution in [3.05, 3.63) is 30.1 Å². The molecule has 0 atom stereocenters. The van der Waals surface area contributed by atoms with Crippen LogP contribution in [0.15, 0.2) is 24.3 Å². The highest BCUT2D eigenvalue weighted by Gasteiger charge is 2.23. The topological polar surface area (TPSA) is 43.9 Å². The van der Waals surface area contributed by atoms with E-state index in [0.29, 0.717) is 51.4 Å². The predicted molar refractivity (Wildman–Crippen MR) is 87.7 cm³/mol. The van der Waals surface area contributed by atoms with E-state index in [1.165, 1.54) is 12.1 Å². The summed E-state index contributed by atoms with van der Waals surface area (Å²) >= 11 is 0. The Morgan fingerprint density at radius 3 is 2.22 bits per heavy atom. The average molecular weight is 321 g/mol. The third-order valence-electron chi connectivity index (χ3n) is 4.14. The molecule has 1 aliphatic rings. The van der Waals surface area contributed by atoms with Crippen LogP contribution in [0.1, 0.15) is 20.3 Å². The second-order valence-corrected chi connectivity index (χ2v) is 5.62. The number of benzene rings is 1. The maximum atomic E-state index is 13.0. The maximum Gasteiger partial charge on any atom is 0.241 e. The molecule has 0 saturated carbocycles. The zero-order valence-electron chi connectivity index (χ0n) is 13.8. The summed E-state index contributed by atoms with van der Waals surface area (Å²) in [5.74, 6) is -0.152. The first-order chi connectivity index (χ1) is 11.0. The van der Waals surface area contributed by atoms with Crippen molar-refractivity contribution in [3.8, 4) is 0 Å². The molecule has 2 rings (SSSR count). The largest absolute Gasteiger partial charge is 0.340 e. The second kappa shape index (κ2) is 8.06. The molecule has 1 saturated heterocycles. The molecular weight excluding hydrogens is 297 g/mol. The van der Waals surface area contributed by atoms with E-state index in [4.69, 9.17) is 0 Å². The minimum absolute atomic E-state index is 0.00521. The number of likely N-dealkylation sites (N-methyl/N-ethyl adjacent to an activating group) is 1. The molecule has 6 heteroatoms. The average Bonchev–Trinajstić information content (AvgIpc) is 2.57. The number of rotatable bonds is 5. The van der Waals surface area contributed by atoms with E-state index in [-0.39, 0.29) is 17.6 Å². The first-order valence-corrected chi connectivity index (χ1v) is 8.11. The van der Waals surface area contributed by atoms with Gasteiger partial charge in [-0.25, -0.2) is 4.39 Å². The highest BCUT2D eigenvalue weighted by Crippen LogP contribution is 2.15. The summed E-state index contributed by atoms with van der Waals surface area (Å²) in [6.45, 7) is 7.37. The van der Waals surface area contributed by atoms with Gasteiger partial charge in [0.2, 0.25) is 11.8 Å². The third-order valence-corrected chi connectivity index (χ3v) is 4.14. The lowest BCUT2D eigenvalue weighted by atomic mass is 10.2. The Bertz CT molecular complexity index is 539. The van der Waals surface area contributed by atoms with Crippen LogP contribution >= 0.6 is 0 Å². The Morgan fingerprint density at radius 1 is 1.09 bits per heavy atom. The lowest BCUT2D eigenvalue weighted by molar-refractivity contribution is -0.132. The van der Waals surface area contributed by atoms with Crippen molar-refractivity contribution in [2.24, 2.45) is 0 Å². The Hall–Kier alpha value is -1.95. The fourth-order valence-electron chi connectivity index (χ4n) is 2.78. The molecule has 0 radical (unpaired) electrons. The number of piperazine rings is 1. The van der Waals surface area contributed by atoms with Crippen LogP contribution in [0.25, 0.3) is 0 Å². The number of amides is 2. The van der Waals surface area contributed by atoms with Crippen molar-refractivity contribution < 1.29 is 14.0 Å². The highest BCUT2D eigenvalue weighted by atomic mass is 19.1. The fourth-order valence-corrected chi connectivity index (χ4v) is 2.78. The van der Waals surface area contributed by atoms with E-state index in [1.807, 2.05) is 18.7 Å². The number of nitrogens with zero attached hydrogens (tertiary/aromatic N) is 3. The van der Waals surface area contributed by atoms with Crippen LogP contribution in [0, 0.1) is 5.82 Å². The first kappa shape index (κ1) is 17.4. The number of hydrogen-bond donors (Lipinski definition) is 0. The van der Waals surface area contributed by atoms with Crippen LogP contribution in [0.4, 0.5) is 10.1 Å². The van der Waals surface area contributed by atoms with E-state index in [1.54, 1.807) is 17.0 Å². The summed E-state index contributed by atoms with van der Waals surface area (Å²) < 4.78 is 13.0. The summed E-state index contributed by atoms with van der Waals surface area (Å²) in [6.07, 6.45) is 0.521. The summed E-state index contributed by atoms with van der Waals surface area (Å²) in [5.41, 5.74) is 0.707. The Balaban J connectivity index is 1.91. The van der Waals surface area contributed by atoms with E-state index >= 15 is 0 Å². The van der Waals surface area contributed by atoms with Crippen molar-refractivity contribution in [2.75, 3.05) is 44.2 Å². The van der Waals surface area contributed by atoms with Crippen molar-refractivity contribution in [1.29, 1.82) is 0 Å². The van der Waals surface area contributed by atoms with Crippen LogP contribution in [-0.4, -0.2) is 60.9 Å². The maximum absolute atomic E-state index is 13.0. The molecule has 2 amide bonds. The molecule has 0 N–H and O–H groups in total. The fraction of sp³-hybridized carbons (Fsp3) is 0.529. The zero-order valence-corrected chi connectivity index (χ0v) is 13.8. The van der Waals surface area contributed by atoms with E-state index in [9.17, 15) is 14.0 Å². The molecule has 0 spiro atoms. The van der Waals surface area contributed by atoms with Gasteiger partial charge in [-0.1, -0.05) is 6.92 Å². The molecule has 126 valence electrons. The molecule has 0 unspecified atom stereocenters. The van der Waals surface area contributed by atoms with Crippen LogP contribution in [0.5, 0.6) is 0 Å². The number of carbonyl (C=O) groups excluding carboxylic acids is 2. The standard InChI is InChI=1S/C17H24FN3O2/c1-3-16(22)20-11-9-19(10-12-20)13-17(23)21(4-2)15-7-5-14(18)6-8-15/h5-8H,3-4,9-13H2,1-2H3. The van der Waals surface area contributed by atoms with E-state index in [2.05, 4.69) is 4.90 Å². The van der Waals surface area contributed by atoms with Gasteiger partial charge < -0.3 is 9.80 Å². The molecule has 0 aromatic heterocycles. The van der Waals surface area contributed by atoms with Gasteiger partial charge in [0.15, 0.2) is 0 Å². The lowest BCUT2D eigenvalue weighted by Gasteiger charge is -2.35. The van der Waals surface area contributed by atoms with E-state index in [0.717, 1.165) is 0 Å². The lowest BCUT2D eigenvalue weighted by Crippen LogP contribution is -2.51. The Morgan fingerprint density at radius 2 is 1.70 bits per heavy atom. The van der Waals surface area contributed by atoms with Crippen molar-refractivity contribution >= 4 is 17.5 Å². The summed E-state index contributed by atoms with van der Waals surface area (Å²) in [7, 11) is 0. The molecule has 5 nitrogen and oxygen atoms in total. The van der Waals surface area contributed by atoms with Crippen molar-refractivity contribution in [3.63, 3.8) is 0 Å². The van der Waals surface area contributed by atoms with Crippen molar-refractivity contribution in [2.45, 2.75) is 20.3 Å². The minimum Gasteiger partial charge on any atom is -0.340 e. The number of halogens is 1. The van der Waals surface area contributed by atoms with Crippen molar-refractivity contribution in [1.82, 2.24) is 9.80 Å². The van der Waals surface area contributed by atoms with E-state index < -0.39 is 0 Å². The molecule has 1 aliphatic heterocycles. The quantitative estimate of drug-likeness (QED) is 0.830. The van der Waals surface area contributed by atoms with Crippen LogP contribution < -0.4 is 4.90 Å². The van der Waals surface area contributed by atoms with Gasteiger partial charge in [0.25, 0.3) is 0 Å². The molecule has 1 heterocycles. The van der Waals surface area contributed by atoms with Gasteiger partial charge in [0.1, 0.15) is 5.82 Å². The van der Waals surface area contributed by atoms with Gasteiger partial charge in [0.05, 0.1) is 6.54 Å². The number of carbonyl (C=O) groups is 2. The van der Waals surface area contributed by atoms with Gasteiger partial charge in [-0.15, -0.1) is 0 Å². The van der Waals surface area contributed by atoms with Crippen LogP contribution in [0.2, 0.25) is 0 Å². The molecule has 0 aliphatic carbocycles. The SMILES string of the molecule is CCC(=O)N1CCN(CC(=O)N(CC)c2ccc(F)cc2)CC1. The minimum atomic E-state index is -0.311. The Labute approximate surface area is 136 Å². The first-order valence-electron chi connectivity index (χ1n) is 8.11. The summed E-state index contributed by atoms with van der Waals surface area (Å²) in [5, 5.41) is 0. The van der Waals surface area contributed by atoms with Gasteiger partial charge in [-0.3, -0.25) is 14.5 Å². The monoisotopic (exact) mass is 321 g/mol. The molecule has 1 aromatic rings. The van der Waals surface area contributed by atoms with Crippen LogP contribution in [-0.2, 0) is 9.59 Å². The second-order valence-electron chi connectivity index (χ2n) is 5.62. The molecule has 1 aromatic carbocycles. The predicted octanol–water partition coefficient (Wildman–Crippen LogP) is 1.73. The van der Waals surface area contributed by atoms with Gasteiger partial charge >= 0.3 is 0 Å². The molecule has 1 fully saturated rings. The highest BCUT2D eigenvalue weighted by molar-refractivity contribution is 5.94. The molecule has 23 heavy (non-hydrogen) atoms. The third kappa shape index (κ3) is 4.51. The smallest absolute Gasteiger partial charge is 0.241 e. The molecule has 0 bridgehead atoms. The zero-order chi connectivity index (χ0) is 16.8. The van der Waals surface area contributed by atoms with Gasteiger partial charge in [-0.2, -0.15) is 0 Å². The van der Waals surface area contributed by atoms with Gasteiger partial charge in [0, 0.05) is 44.8 Å². The Kier molecular flexibility index (Phi) is 6.10. The van der Waals surface area contributed by atoms with Crippen LogP contribution in [0.3, 0.4) is 0 Å². The molecular formula is C17H24FN3O2. The van der Waals surface area contributed by atoms with Gasteiger partial charge in [-0.05, 0) is 31.2 Å². The normalized spacial score (nSPS) is 15.5. The number of hydrogen-bond acceptors (Lipinski definition) is 3. The summed E-state index contributed by atoms with van der Waals surface area (Å²) in [6, 6.07) is 5.96.